The van der Waals surface area contributed by atoms with E-state index in [1.165, 1.54) is 6.20 Å². The lowest BCUT2D eigenvalue weighted by Gasteiger charge is -2.23. The standard InChI is InChI=1S/C14H20N4O3/c1-13(2,3)21-12(19)17-14(6-7-14)10-5-4-9(8-16-10)11(15)18-20/h4-5,8,20H,6-7H2,1-3H3,(H2,15,18)(H,17,19). The van der Waals surface area contributed by atoms with E-state index in [9.17, 15) is 4.79 Å². The van der Waals surface area contributed by atoms with Crippen molar-refractivity contribution >= 4 is 11.9 Å². The number of amidine groups is 1. The second-order valence-electron chi connectivity index (χ2n) is 6.13. The van der Waals surface area contributed by atoms with Crippen molar-refractivity contribution in [3.63, 3.8) is 0 Å². The average Bonchev–Trinajstić information content (AvgIpc) is 3.16. The third kappa shape index (κ3) is 3.62. The fourth-order valence-electron chi connectivity index (χ4n) is 1.96. The molecular formula is C14H20N4O3. The minimum Gasteiger partial charge on any atom is -0.444 e. The summed E-state index contributed by atoms with van der Waals surface area (Å²) >= 11 is 0. The molecule has 1 heterocycles. The van der Waals surface area contributed by atoms with Crippen LogP contribution in [0.25, 0.3) is 0 Å². The van der Waals surface area contributed by atoms with Crippen molar-refractivity contribution in [1.82, 2.24) is 10.3 Å². The van der Waals surface area contributed by atoms with E-state index in [0.29, 0.717) is 5.56 Å². The zero-order valence-electron chi connectivity index (χ0n) is 12.4. The van der Waals surface area contributed by atoms with Crippen LogP contribution in [0.3, 0.4) is 0 Å². The first-order valence-electron chi connectivity index (χ1n) is 6.71. The van der Waals surface area contributed by atoms with Crippen molar-refractivity contribution in [2.24, 2.45) is 10.9 Å². The van der Waals surface area contributed by atoms with Gasteiger partial charge in [-0.3, -0.25) is 4.98 Å². The summed E-state index contributed by atoms with van der Waals surface area (Å²) in [4.78, 5) is 16.2. The number of hydrogen-bond donors (Lipinski definition) is 3. The van der Waals surface area contributed by atoms with Crippen LogP contribution in [-0.4, -0.2) is 27.7 Å². The molecule has 114 valence electrons. The smallest absolute Gasteiger partial charge is 0.408 e. The maximum Gasteiger partial charge on any atom is 0.408 e. The Morgan fingerprint density at radius 3 is 2.57 bits per heavy atom. The van der Waals surface area contributed by atoms with Gasteiger partial charge in [-0.1, -0.05) is 5.16 Å². The zero-order chi connectivity index (χ0) is 15.7. The summed E-state index contributed by atoms with van der Waals surface area (Å²) in [6.07, 6.45) is 2.67. The van der Waals surface area contributed by atoms with Crippen molar-refractivity contribution < 1.29 is 14.7 Å². The molecule has 1 saturated carbocycles. The number of amides is 1. The molecule has 1 aliphatic rings. The predicted octanol–water partition coefficient (Wildman–Crippen LogP) is 1.69. The molecule has 0 unspecified atom stereocenters. The van der Waals surface area contributed by atoms with Crippen LogP contribution in [-0.2, 0) is 10.3 Å². The lowest BCUT2D eigenvalue weighted by molar-refractivity contribution is 0.0494. The number of nitrogens with two attached hydrogens (primary N) is 1. The van der Waals surface area contributed by atoms with Gasteiger partial charge in [0.1, 0.15) is 5.60 Å². The van der Waals surface area contributed by atoms with Gasteiger partial charge in [0.05, 0.1) is 11.2 Å². The molecule has 7 heteroatoms. The van der Waals surface area contributed by atoms with E-state index >= 15 is 0 Å². The summed E-state index contributed by atoms with van der Waals surface area (Å²) in [6, 6.07) is 3.46. The second kappa shape index (κ2) is 5.23. The van der Waals surface area contributed by atoms with Crippen molar-refractivity contribution in [1.29, 1.82) is 0 Å². The van der Waals surface area contributed by atoms with Gasteiger partial charge in [0.25, 0.3) is 0 Å². The van der Waals surface area contributed by atoms with Gasteiger partial charge in [0.2, 0.25) is 0 Å². The number of nitrogens with one attached hydrogen (secondary N) is 1. The normalized spacial score (nSPS) is 17.2. The molecule has 0 atom stereocenters. The molecule has 7 nitrogen and oxygen atoms in total. The minimum atomic E-state index is -0.538. The summed E-state index contributed by atoms with van der Waals surface area (Å²) in [5.41, 5.74) is 5.75. The Morgan fingerprint density at radius 2 is 2.14 bits per heavy atom. The monoisotopic (exact) mass is 292 g/mol. The SMILES string of the molecule is CC(C)(C)OC(=O)NC1(c2ccc(/C(N)=N/O)cn2)CC1. The van der Waals surface area contributed by atoms with Crippen molar-refractivity contribution in [3.05, 3.63) is 29.6 Å². The number of carbonyl (C=O) groups is 1. The van der Waals surface area contributed by atoms with Gasteiger partial charge >= 0.3 is 6.09 Å². The van der Waals surface area contributed by atoms with Crippen molar-refractivity contribution in [3.8, 4) is 0 Å². The van der Waals surface area contributed by atoms with Gasteiger partial charge in [0, 0.05) is 11.8 Å². The minimum absolute atomic E-state index is 0.000927. The Labute approximate surface area is 123 Å². The Kier molecular flexibility index (Phi) is 3.76. The summed E-state index contributed by atoms with van der Waals surface area (Å²) in [5.74, 6) is -0.000927. The Morgan fingerprint density at radius 1 is 1.48 bits per heavy atom. The molecule has 0 bridgehead atoms. The highest BCUT2D eigenvalue weighted by molar-refractivity contribution is 5.96. The lowest BCUT2D eigenvalue weighted by atomic mass is 10.1. The number of pyridine rings is 1. The van der Waals surface area contributed by atoms with Crippen molar-refractivity contribution in [2.75, 3.05) is 0 Å². The fourth-order valence-corrected chi connectivity index (χ4v) is 1.96. The van der Waals surface area contributed by atoms with E-state index in [2.05, 4.69) is 15.5 Å². The van der Waals surface area contributed by atoms with E-state index in [4.69, 9.17) is 15.7 Å². The van der Waals surface area contributed by atoms with Gasteiger partial charge in [-0.2, -0.15) is 0 Å². The zero-order valence-corrected chi connectivity index (χ0v) is 12.4. The third-order valence-corrected chi connectivity index (χ3v) is 3.15. The van der Waals surface area contributed by atoms with Crippen LogP contribution in [0.2, 0.25) is 0 Å². The third-order valence-electron chi connectivity index (χ3n) is 3.15. The molecule has 1 aliphatic carbocycles. The second-order valence-corrected chi connectivity index (χ2v) is 6.13. The molecule has 1 aromatic rings. The summed E-state index contributed by atoms with van der Waals surface area (Å²) in [6.45, 7) is 5.45. The molecule has 4 N–H and O–H groups in total. The molecule has 1 amide bonds. The number of aromatic nitrogens is 1. The van der Waals surface area contributed by atoms with Crippen LogP contribution in [0.15, 0.2) is 23.5 Å². The summed E-state index contributed by atoms with van der Waals surface area (Å²) in [5, 5.41) is 14.4. The Hall–Kier alpha value is -2.31. The van der Waals surface area contributed by atoms with Crippen LogP contribution in [0.5, 0.6) is 0 Å². The van der Waals surface area contributed by atoms with Gasteiger partial charge in [-0.05, 0) is 45.7 Å². The van der Waals surface area contributed by atoms with E-state index in [-0.39, 0.29) is 5.84 Å². The number of ether oxygens (including phenoxy) is 1. The maximum absolute atomic E-state index is 11.9. The molecular weight excluding hydrogens is 272 g/mol. The van der Waals surface area contributed by atoms with Gasteiger partial charge in [0.15, 0.2) is 5.84 Å². The molecule has 0 spiro atoms. The molecule has 1 fully saturated rings. The highest BCUT2D eigenvalue weighted by Crippen LogP contribution is 2.44. The van der Waals surface area contributed by atoms with Crippen LogP contribution < -0.4 is 11.1 Å². The molecule has 1 aromatic heterocycles. The van der Waals surface area contributed by atoms with E-state index < -0.39 is 17.2 Å². The summed E-state index contributed by atoms with van der Waals surface area (Å²) in [7, 11) is 0. The fraction of sp³-hybridized carbons (Fsp3) is 0.500. The molecule has 21 heavy (non-hydrogen) atoms. The largest absolute Gasteiger partial charge is 0.444 e. The highest BCUT2D eigenvalue weighted by atomic mass is 16.6. The van der Waals surface area contributed by atoms with Crippen LogP contribution in [0.4, 0.5) is 4.79 Å². The number of rotatable bonds is 3. The number of nitrogens with zero attached hydrogens (tertiary/aromatic N) is 2. The highest BCUT2D eigenvalue weighted by Gasteiger charge is 2.47. The van der Waals surface area contributed by atoms with E-state index in [0.717, 1.165) is 18.5 Å². The Balaban J connectivity index is 2.09. The first kappa shape index (κ1) is 15.1. The molecule has 0 aliphatic heterocycles. The predicted molar refractivity (Wildman–Crippen MR) is 77.0 cm³/mol. The first-order chi connectivity index (χ1) is 9.76. The topological polar surface area (TPSA) is 110 Å². The Bertz CT molecular complexity index is 557. The van der Waals surface area contributed by atoms with Gasteiger partial charge in [-0.15, -0.1) is 0 Å². The van der Waals surface area contributed by atoms with Crippen LogP contribution in [0.1, 0.15) is 44.9 Å². The van der Waals surface area contributed by atoms with E-state index in [1.54, 1.807) is 12.1 Å². The average molecular weight is 292 g/mol. The quantitative estimate of drug-likeness (QED) is 0.340. The van der Waals surface area contributed by atoms with E-state index in [1.807, 2.05) is 20.8 Å². The van der Waals surface area contributed by atoms with Gasteiger partial charge in [-0.25, -0.2) is 4.79 Å². The lowest BCUT2D eigenvalue weighted by Crippen LogP contribution is -2.39. The molecule has 0 saturated heterocycles. The number of alkyl carbamates (subject to hydrolysis) is 1. The maximum atomic E-state index is 11.9. The van der Waals surface area contributed by atoms with Crippen LogP contribution >= 0.6 is 0 Å². The van der Waals surface area contributed by atoms with Crippen molar-refractivity contribution in [2.45, 2.75) is 44.8 Å². The van der Waals surface area contributed by atoms with Crippen LogP contribution in [0, 0.1) is 0 Å². The number of oxime groups is 1. The molecule has 0 radical (unpaired) electrons. The number of carbonyl (C=O) groups excluding carboxylic acids is 1. The van der Waals surface area contributed by atoms with Gasteiger partial charge < -0.3 is 21.0 Å². The molecule has 0 aromatic carbocycles. The molecule has 2 rings (SSSR count). The summed E-state index contributed by atoms with van der Waals surface area (Å²) < 4.78 is 5.26. The first-order valence-corrected chi connectivity index (χ1v) is 6.71. The number of hydrogen-bond acceptors (Lipinski definition) is 5.